The van der Waals surface area contributed by atoms with Gasteiger partial charge in [-0.25, -0.2) is 9.97 Å². The first-order valence-electron chi connectivity index (χ1n) is 10.5. The van der Waals surface area contributed by atoms with Gasteiger partial charge in [-0.15, -0.1) is 0 Å². The Morgan fingerprint density at radius 1 is 1.03 bits per heavy atom. The van der Waals surface area contributed by atoms with Crippen molar-refractivity contribution in [3.63, 3.8) is 0 Å². The van der Waals surface area contributed by atoms with Crippen LogP contribution < -0.4 is 4.90 Å². The van der Waals surface area contributed by atoms with Gasteiger partial charge in [0.1, 0.15) is 5.69 Å². The van der Waals surface area contributed by atoms with E-state index in [0.29, 0.717) is 11.6 Å². The van der Waals surface area contributed by atoms with Crippen LogP contribution in [0, 0.1) is 11.3 Å². The van der Waals surface area contributed by atoms with E-state index in [1.165, 1.54) is 5.56 Å². The molecule has 0 aliphatic carbocycles. The Hall–Kier alpha value is -3.22. The predicted molar refractivity (Wildman–Crippen MR) is 114 cm³/mol. The summed E-state index contributed by atoms with van der Waals surface area (Å²) in [6.45, 7) is 3.29. The maximum Gasteiger partial charge on any atom is 0.272 e. The number of benzene rings is 1. The number of fused-ring (bicyclic) bond motifs is 1. The molecule has 0 N–H and O–H groups in total. The molecule has 0 spiro atoms. The van der Waals surface area contributed by atoms with Crippen molar-refractivity contribution in [2.45, 2.75) is 12.8 Å². The van der Waals surface area contributed by atoms with Crippen LogP contribution in [0.15, 0.2) is 61.1 Å². The lowest BCUT2D eigenvalue weighted by Gasteiger charge is -2.29. The number of anilines is 1. The number of aryl methyl sites for hydroxylation is 2. The monoisotopic (exact) mass is 402 g/mol. The van der Waals surface area contributed by atoms with Crippen molar-refractivity contribution < 1.29 is 4.79 Å². The Kier molecular flexibility index (Phi) is 4.73. The van der Waals surface area contributed by atoms with E-state index in [4.69, 9.17) is 0 Å². The Morgan fingerprint density at radius 2 is 1.83 bits per heavy atom. The fourth-order valence-electron chi connectivity index (χ4n) is 5.08. The number of likely N-dealkylation sites (tertiary alicyclic amines) is 1. The van der Waals surface area contributed by atoms with E-state index >= 15 is 0 Å². The molecule has 2 aliphatic heterocycles. The zero-order valence-electron chi connectivity index (χ0n) is 17.2. The number of nitrogens with zero attached hydrogens (tertiary/aromatic N) is 6. The molecule has 1 amide bonds. The van der Waals surface area contributed by atoms with Gasteiger partial charge in [-0.05, 0) is 30.5 Å². The van der Waals surface area contributed by atoms with Crippen LogP contribution in [0.3, 0.4) is 0 Å². The fraction of sp³-hybridized carbons (Fsp3) is 0.391. The Labute approximate surface area is 176 Å². The van der Waals surface area contributed by atoms with Gasteiger partial charge in [0.25, 0.3) is 5.91 Å². The molecule has 2 saturated heterocycles. The summed E-state index contributed by atoms with van der Waals surface area (Å²) in [4.78, 5) is 26.4. The lowest BCUT2D eigenvalue weighted by molar-refractivity contribution is 0.0759. The number of aromatic nitrogens is 4. The lowest BCUT2D eigenvalue weighted by Crippen LogP contribution is -2.38. The van der Waals surface area contributed by atoms with Crippen LogP contribution in [0.5, 0.6) is 0 Å². The minimum atomic E-state index is 0.0449. The largest absolute Gasteiger partial charge is 0.340 e. The normalized spacial score (nSPS) is 23.0. The molecular formula is C23H26N6O. The van der Waals surface area contributed by atoms with Crippen LogP contribution in [0.4, 0.5) is 5.95 Å². The summed E-state index contributed by atoms with van der Waals surface area (Å²) in [5.74, 6) is 1.27. The van der Waals surface area contributed by atoms with Gasteiger partial charge in [-0.1, -0.05) is 30.3 Å². The third kappa shape index (κ3) is 3.34. The number of amides is 1. The SMILES string of the molecule is Cn1nccc1C(=O)N1C[C@@H]2CN(c3ncccn3)C[C@]2(CCc2ccccc2)C1. The molecule has 3 aromatic rings. The molecule has 2 fully saturated rings. The lowest BCUT2D eigenvalue weighted by atomic mass is 9.76. The van der Waals surface area contributed by atoms with Crippen LogP contribution in [0.1, 0.15) is 22.5 Å². The first-order valence-corrected chi connectivity index (χ1v) is 10.5. The second kappa shape index (κ2) is 7.55. The smallest absolute Gasteiger partial charge is 0.272 e. The molecular weight excluding hydrogens is 376 g/mol. The van der Waals surface area contributed by atoms with Crippen molar-refractivity contribution >= 4 is 11.9 Å². The van der Waals surface area contributed by atoms with Gasteiger partial charge in [0.05, 0.1) is 0 Å². The van der Waals surface area contributed by atoms with Crippen LogP contribution in [0.2, 0.25) is 0 Å². The van der Waals surface area contributed by atoms with Crippen LogP contribution in [0.25, 0.3) is 0 Å². The molecule has 2 aliphatic rings. The standard InChI is InChI=1S/C23H26N6O/c1-27-20(9-13-26-27)21(30)28-14-19-15-29(22-24-11-5-12-25-22)17-23(19,16-28)10-8-18-6-3-2-4-7-18/h2-7,9,11-13,19H,8,10,14-17H2,1H3/t19-,23+/m1/s1. The summed E-state index contributed by atoms with van der Waals surface area (Å²) in [7, 11) is 1.82. The summed E-state index contributed by atoms with van der Waals surface area (Å²) in [6, 6.07) is 14.3. The van der Waals surface area contributed by atoms with Gasteiger partial charge in [-0.2, -0.15) is 5.10 Å². The van der Waals surface area contributed by atoms with E-state index in [0.717, 1.165) is 45.0 Å². The minimum Gasteiger partial charge on any atom is -0.340 e. The highest BCUT2D eigenvalue weighted by Gasteiger charge is 2.53. The maximum absolute atomic E-state index is 13.2. The summed E-state index contributed by atoms with van der Waals surface area (Å²) >= 11 is 0. The molecule has 154 valence electrons. The molecule has 2 atom stereocenters. The average molecular weight is 403 g/mol. The van der Waals surface area contributed by atoms with Crippen LogP contribution in [-0.4, -0.2) is 56.7 Å². The number of hydrogen-bond acceptors (Lipinski definition) is 5. The van der Waals surface area contributed by atoms with Gasteiger partial charge in [0.2, 0.25) is 5.95 Å². The molecule has 0 radical (unpaired) electrons. The van der Waals surface area contributed by atoms with Gasteiger partial charge < -0.3 is 9.80 Å². The molecule has 7 nitrogen and oxygen atoms in total. The number of carbonyl (C=O) groups is 1. The highest BCUT2D eigenvalue weighted by molar-refractivity contribution is 5.92. The summed E-state index contributed by atoms with van der Waals surface area (Å²) < 4.78 is 1.66. The molecule has 0 saturated carbocycles. The minimum absolute atomic E-state index is 0.0449. The maximum atomic E-state index is 13.2. The van der Waals surface area contributed by atoms with E-state index in [-0.39, 0.29) is 11.3 Å². The van der Waals surface area contributed by atoms with Crippen molar-refractivity contribution in [2.75, 3.05) is 31.1 Å². The molecule has 5 rings (SSSR count). The van der Waals surface area contributed by atoms with Gasteiger partial charge >= 0.3 is 0 Å². The number of hydrogen-bond donors (Lipinski definition) is 0. The van der Waals surface area contributed by atoms with E-state index in [1.54, 1.807) is 29.3 Å². The molecule has 7 heteroatoms. The van der Waals surface area contributed by atoms with Crippen molar-refractivity contribution in [3.05, 3.63) is 72.3 Å². The van der Waals surface area contributed by atoms with Crippen molar-refractivity contribution in [1.29, 1.82) is 0 Å². The first-order chi connectivity index (χ1) is 14.6. The summed E-state index contributed by atoms with van der Waals surface area (Å²) in [5, 5.41) is 4.17. The Bertz CT molecular complexity index is 1020. The second-order valence-electron chi connectivity index (χ2n) is 8.50. The van der Waals surface area contributed by atoms with Gasteiger partial charge in [0.15, 0.2) is 0 Å². The van der Waals surface area contributed by atoms with Crippen LogP contribution in [-0.2, 0) is 13.5 Å². The quantitative estimate of drug-likeness (QED) is 0.656. The second-order valence-corrected chi connectivity index (χ2v) is 8.50. The molecule has 0 bridgehead atoms. The van der Waals surface area contributed by atoms with Crippen molar-refractivity contribution in [2.24, 2.45) is 18.4 Å². The highest BCUT2D eigenvalue weighted by Crippen LogP contribution is 2.46. The Morgan fingerprint density at radius 3 is 2.57 bits per heavy atom. The summed E-state index contributed by atoms with van der Waals surface area (Å²) in [5.41, 5.74) is 2.04. The fourth-order valence-corrected chi connectivity index (χ4v) is 5.08. The van der Waals surface area contributed by atoms with E-state index in [9.17, 15) is 4.79 Å². The summed E-state index contributed by atoms with van der Waals surface area (Å²) in [6.07, 6.45) is 7.33. The Balaban J connectivity index is 1.39. The number of rotatable bonds is 5. The highest BCUT2D eigenvalue weighted by atomic mass is 16.2. The predicted octanol–water partition coefficient (Wildman–Crippen LogP) is 2.42. The van der Waals surface area contributed by atoms with E-state index in [2.05, 4.69) is 50.3 Å². The average Bonchev–Trinajstić information content (AvgIpc) is 3.45. The van der Waals surface area contributed by atoms with Crippen molar-refractivity contribution in [1.82, 2.24) is 24.6 Å². The van der Waals surface area contributed by atoms with Crippen LogP contribution >= 0.6 is 0 Å². The first kappa shape index (κ1) is 18.8. The zero-order valence-corrected chi connectivity index (χ0v) is 17.2. The van der Waals surface area contributed by atoms with E-state index in [1.807, 2.05) is 18.0 Å². The van der Waals surface area contributed by atoms with Crippen molar-refractivity contribution in [3.8, 4) is 0 Å². The molecule has 2 aromatic heterocycles. The molecule has 30 heavy (non-hydrogen) atoms. The molecule has 0 unspecified atom stereocenters. The third-order valence-electron chi connectivity index (χ3n) is 6.68. The van der Waals surface area contributed by atoms with Gasteiger partial charge in [0, 0.05) is 63.2 Å². The van der Waals surface area contributed by atoms with E-state index < -0.39 is 0 Å². The third-order valence-corrected chi connectivity index (χ3v) is 6.68. The molecule has 1 aromatic carbocycles. The molecule has 4 heterocycles. The van der Waals surface area contributed by atoms with Gasteiger partial charge in [-0.3, -0.25) is 9.48 Å². The number of carbonyl (C=O) groups excluding carboxylic acids is 1. The topological polar surface area (TPSA) is 67.2 Å². The zero-order chi connectivity index (χ0) is 20.6.